The molecule has 0 spiro atoms. The molecule has 2 fully saturated rings. The summed E-state index contributed by atoms with van der Waals surface area (Å²) in [5, 5.41) is 23.3. The number of ether oxygens (including phenoxy) is 2. The number of phenolic OH excluding ortho intramolecular Hbond substituents is 1. The Morgan fingerprint density at radius 1 is 1.00 bits per heavy atom. The lowest BCUT2D eigenvalue weighted by atomic mass is 9.84. The molecule has 9 nitrogen and oxygen atoms in total. The molecular formula is C25H28N6O3. The van der Waals surface area contributed by atoms with Gasteiger partial charge in [0.25, 0.3) is 5.88 Å². The third-order valence-electron chi connectivity index (χ3n) is 7.46. The molecule has 9 heteroatoms. The molecule has 2 N–H and O–H groups in total. The summed E-state index contributed by atoms with van der Waals surface area (Å²) in [4.78, 5) is 11.0. The van der Waals surface area contributed by atoms with Gasteiger partial charge in [-0.2, -0.15) is 0 Å². The van der Waals surface area contributed by atoms with Crippen molar-refractivity contribution in [3.63, 3.8) is 0 Å². The van der Waals surface area contributed by atoms with Gasteiger partial charge in [-0.3, -0.25) is 0 Å². The normalized spacial score (nSPS) is 27.1. The highest BCUT2D eigenvalue weighted by molar-refractivity contribution is 5.73. The van der Waals surface area contributed by atoms with Crippen LogP contribution in [0.3, 0.4) is 0 Å². The van der Waals surface area contributed by atoms with Crippen molar-refractivity contribution in [1.29, 1.82) is 0 Å². The fourth-order valence-corrected chi connectivity index (χ4v) is 5.69. The molecule has 0 radical (unpaired) electrons. The van der Waals surface area contributed by atoms with Crippen molar-refractivity contribution in [1.82, 2.24) is 25.5 Å². The number of fused-ring (bicyclic) bond motifs is 3. The molecule has 3 aliphatic rings. The minimum atomic E-state index is 0.0776. The third-order valence-corrected chi connectivity index (χ3v) is 7.46. The molecule has 3 aliphatic heterocycles. The number of pyridine rings is 1. The first kappa shape index (κ1) is 21.1. The Bertz CT molecular complexity index is 1230. The highest BCUT2D eigenvalue weighted by Gasteiger charge is 2.49. The maximum absolute atomic E-state index is 10.7. The Morgan fingerprint density at radius 2 is 1.79 bits per heavy atom. The van der Waals surface area contributed by atoms with Crippen molar-refractivity contribution in [3.8, 4) is 39.9 Å². The summed E-state index contributed by atoms with van der Waals surface area (Å²) in [6.07, 6.45) is 7.98. The Morgan fingerprint density at radius 3 is 2.50 bits per heavy atom. The summed E-state index contributed by atoms with van der Waals surface area (Å²) in [5.41, 5.74) is 2.50. The number of piperidine rings is 1. The molecule has 5 heterocycles. The van der Waals surface area contributed by atoms with Gasteiger partial charge in [0.1, 0.15) is 5.75 Å². The van der Waals surface area contributed by atoms with Crippen LogP contribution in [-0.4, -0.2) is 56.2 Å². The number of rotatable bonds is 4. The Kier molecular flexibility index (Phi) is 4.67. The van der Waals surface area contributed by atoms with Crippen LogP contribution in [0.5, 0.6) is 17.4 Å². The summed E-state index contributed by atoms with van der Waals surface area (Å²) < 4.78 is 10.7. The topological polar surface area (TPSA) is 106 Å². The molecule has 2 saturated heterocycles. The van der Waals surface area contributed by atoms with E-state index in [9.17, 15) is 5.11 Å². The van der Waals surface area contributed by atoms with Crippen molar-refractivity contribution in [2.24, 2.45) is 0 Å². The smallest absolute Gasteiger partial charge is 0.260 e. The van der Waals surface area contributed by atoms with Crippen LogP contribution in [0.2, 0.25) is 0 Å². The number of anilines is 1. The number of nitrogens with one attached hydrogen (secondary N) is 1. The average molecular weight is 461 g/mol. The predicted molar refractivity (Wildman–Crippen MR) is 127 cm³/mol. The molecular weight excluding hydrogens is 432 g/mol. The van der Waals surface area contributed by atoms with Crippen LogP contribution in [0.4, 0.5) is 5.82 Å². The van der Waals surface area contributed by atoms with E-state index in [1.54, 1.807) is 24.5 Å². The van der Waals surface area contributed by atoms with Crippen molar-refractivity contribution in [2.45, 2.75) is 56.7 Å². The van der Waals surface area contributed by atoms with E-state index in [0.717, 1.165) is 29.8 Å². The molecule has 3 aromatic rings. The van der Waals surface area contributed by atoms with Crippen molar-refractivity contribution in [3.05, 3.63) is 36.7 Å². The van der Waals surface area contributed by atoms with Crippen LogP contribution in [0.15, 0.2) is 36.7 Å². The van der Waals surface area contributed by atoms with Gasteiger partial charge in [-0.15, -0.1) is 10.2 Å². The van der Waals surface area contributed by atoms with Crippen LogP contribution in [0, 0.1) is 0 Å². The van der Waals surface area contributed by atoms with Crippen molar-refractivity contribution >= 4 is 5.82 Å². The minimum absolute atomic E-state index is 0.0776. The van der Waals surface area contributed by atoms with Gasteiger partial charge >= 0.3 is 0 Å². The molecule has 3 atom stereocenters. The van der Waals surface area contributed by atoms with E-state index in [1.165, 1.54) is 12.8 Å². The molecule has 0 unspecified atom stereocenters. The van der Waals surface area contributed by atoms with Crippen LogP contribution < -0.4 is 19.7 Å². The van der Waals surface area contributed by atoms with E-state index in [0.29, 0.717) is 29.1 Å². The van der Waals surface area contributed by atoms with Gasteiger partial charge < -0.3 is 24.8 Å². The summed E-state index contributed by atoms with van der Waals surface area (Å²) in [7, 11) is 2.07. The first-order valence-electron chi connectivity index (χ1n) is 11.6. The van der Waals surface area contributed by atoms with Gasteiger partial charge in [0.15, 0.2) is 17.4 Å². The zero-order valence-corrected chi connectivity index (χ0v) is 19.6. The summed E-state index contributed by atoms with van der Waals surface area (Å²) in [5.74, 6) is 2.28. The Labute approximate surface area is 198 Å². The van der Waals surface area contributed by atoms with Crippen LogP contribution >= 0.6 is 0 Å². The Balaban J connectivity index is 1.21. The van der Waals surface area contributed by atoms with E-state index in [1.807, 2.05) is 12.1 Å². The number of nitrogens with zero attached hydrogens (tertiary/aromatic N) is 5. The summed E-state index contributed by atoms with van der Waals surface area (Å²) in [6, 6.07) is 7.58. The second kappa shape index (κ2) is 7.53. The van der Waals surface area contributed by atoms with Crippen LogP contribution in [0.1, 0.15) is 39.5 Å². The fourth-order valence-electron chi connectivity index (χ4n) is 5.69. The van der Waals surface area contributed by atoms with Gasteiger partial charge in [0.2, 0.25) is 6.79 Å². The quantitative estimate of drug-likeness (QED) is 0.605. The molecule has 0 saturated carbocycles. The van der Waals surface area contributed by atoms with Crippen molar-refractivity contribution < 1.29 is 14.6 Å². The van der Waals surface area contributed by atoms with Gasteiger partial charge in [0, 0.05) is 35.9 Å². The zero-order chi connectivity index (χ0) is 23.5. The highest BCUT2D eigenvalue weighted by atomic mass is 16.7. The monoisotopic (exact) mass is 460 g/mol. The lowest BCUT2D eigenvalue weighted by Crippen LogP contribution is -2.58. The standard InChI is InChI=1S/C25H28N6O3/c1-24-6-7-25(2,30-24)11-17(10-24)31(3)21-13-26-22(29-28-21)18-5-4-15(8-19(18)32)16-9-20-23(27-12-16)34-14-33-20/h4-5,8-9,12-13,17,30,32H,6-7,10-11,14H2,1-3H3/t17-,24-,25+. The Hall–Kier alpha value is -3.46. The molecule has 176 valence electrons. The first-order valence-corrected chi connectivity index (χ1v) is 11.6. The van der Waals surface area contributed by atoms with Gasteiger partial charge in [0.05, 0.1) is 11.8 Å². The van der Waals surface area contributed by atoms with E-state index >= 15 is 0 Å². The average Bonchev–Trinajstić information content (AvgIpc) is 3.38. The second-order valence-electron chi connectivity index (χ2n) is 10.2. The largest absolute Gasteiger partial charge is 0.507 e. The third kappa shape index (κ3) is 3.60. The number of aromatic nitrogens is 4. The molecule has 6 rings (SSSR count). The maximum Gasteiger partial charge on any atom is 0.260 e. The second-order valence-corrected chi connectivity index (χ2v) is 10.2. The van der Waals surface area contributed by atoms with Gasteiger partial charge in [-0.25, -0.2) is 9.97 Å². The maximum atomic E-state index is 10.7. The number of benzene rings is 1. The van der Waals surface area contributed by atoms with Gasteiger partial charge in [-0.05, 0) is 63.3 Å². The van der Waals surface area contributed by atoms with Crippen molar-refractivity contribution in [2.75, 3.05) is 18.7 Å². The highest BCUT2D eigenvalue weighted by Crippen LogP contribution is 2.44. The fraction of sp³-hybridized carbons (Fsp3) is 0.440. The molecule has 34 heavy (non-hydrogen) atoms. The number of aromatic hydroxyl groups is 1. The van der Waals surface area contributed by atoms with E-state index in [4.69, 9.17) is 9.47 Å². The zero-order valence-electron chi connectivity index (χ0n) is 19.6. The number of hydrogen-bond donors (Lipinski definition) is 2. The molecule has 2 aromatic heterocycles. The molecule has 0 amide bonds. The number of hydrogen-bond acceptors (Lipinski definition) is 9. The summed E-state index contributed by atoms with van der Waals surface area (Å²) in [6.45, 7) is 4.80. The number of phenols is 1. The van der Waals surface area contributed by atoms with Crippen LogP contribution in [-0.2, 0) is 0 Å². The molecule has 0 aliphatic carbocycles. The lowest BCUT2D eigenvalue weighted by molar-refractivity contribution is 0.171. The first-order chi connectivity index (χ1) is 16.3. The van der Waals surface area contributed by atoms with Gasteiger partial charge in [-0.1, -0.05) is 6.07 Å². The van der Waals surface area contributed by atoms with E-state index in [2.05, 4.69) is 51.3 Å². The minimum Gasteiger partial charge on any atom is -0.507 e. The predicted octanol–water partition coefficient (Wildman–Crippen LogP) is 3.53. The SMILES string of the molecule is CN(c1cnc(-c2ccc(-c3cnc4c(c3)OCO4)cc2O)nn1)[C@H]1C[C@]2(C)CC[C@](C)(C1)N2. The van der Waals surface area contributed by atoms with Crippen LogP contribution in [0.25, 0.3) is 22.5 Å². The lowest BCUT2D eigenvalue weighted by Gasteiger charge is -2.45. The van der Waals surface area contributed by atoms with E-state index < -0.39 is 0 Å². The molecule has 1 aromatic carbocycles. The molecule has 2 bridgehead atoms. The summed E-state index contributed by atoms with van der Waals surface area (Å²) >= 11 is 0. The van der Waals surface area contributed by atoms with E-state index in [-0.39, 0.29) is 23.6 Å².